The van der Waals surface area contributed by atoms with E-state index in [0.717, 1.165) is 9.88 Å². The van der Waals surface area contributed by atoms with E-state index in [1.807, 2.05) is 18.2 Å². The number of fused-ring (bicyclic) bond motifs is 1. The van der Waals surface area contributed by atoms with E-state index in [1.54, 1.807) is 5.51 Å². The summed E-state index contributed by atoms with van der Waals surface area (Å²) >= 11 is 1.44. The molecule has 72 valence electrons. The predicted octanol–water partition coefficient (Wildman–Crippen LogP) is 0.259. The molecule has 1 heterocycles. The van der Waals surface area contributed by atoms with Gasteiger partial charge in [-0.05, 0) is 6.08 Å². The summed E-state index contributed by atoms with van der Waals surface area (Å²) in [7, 11) is 0. The number of nitrogens with zero attached hydrogens (tertiary/aromatic N) is 1. The molecule has 0 saturated carbocycles. The van der Waals surface area contributed by atoms with Gasteiger partial charge in [-0.25, -0.2) is 9.78 Å². The topological polar surface area (TPSA) is 62.2 Å². The second-order valence-corrected chi connectivity index (χ2v) is 3.63. The lowest BCUT2D eigenvalue weighted by Crippen LogP contribution is -2.30. The van der Waals surface area contributed by atoms with Gasteiger partial charge in [-0.15, -0.1) is 11.3 Å². The maximum atomic E-state index is 10.5. The maximum absolute atomic E-state index is 10.5. The van der Waals surface area contributed by atoms with Crippen molar-refractivity contribution in [3.63, 3.8) is 0 Å². The molecule has 1 aromatic heterocycles. The van der Waals surface area contributed by atoms with Gasteiger partial charge in [0.15, 0.2) is 0 Å². The quantitative estimate of drug-likeness (QED) is 0.696. The Bertz CT molecular complexity index is 501. The average molecular weight is 208 g/mol. The third-order valence-corrected chi connectivity index (χ3v) is 2.74. The Kier molecular flexibility index (Phi) is 2.32. The minimum atomic E-state index is -1.03. The number of hydrogen-bond donors (Lipinski definition) is 2. The van der Waals surface area contributed by atoms with E-state index in [2.05, 4.69) is 10.3 Å². The van der Waals surface area contributed by atoms with Crippen molar-refractivity contribution in [2.24, 2.45) is 0 Å². The molecule has 1 aromatic rings. The lowest BCUT2D eigenvalue weighted by Gasteiger charge is -2.00. The normalized spacial score (nSPS) is 14.1. The van der Waals surface area contributed by atoms with Crippen LogP contribution in [0.4, 0.5) is 4.79 Å². The summed E-state index contributed by atoms with van der Waals surface area (Å²) in [4.78, 5) is 14.7. The summed E-state index contributed by atoms with van der Waals surface area (Å²) in [6, 6.07) is 0. The largest absolute Gasteiger partial charge is 0.465 e. The van der Waals surface area contributed by atoms with Crippen molar-refractivity contribution in [3.8, 4) is 0 Å². The minimum absolute atomic E-state index is 0.595. The van der Waals surface area contributed by atoms with Crippen LogP contribution in [0.3, 0.4) is 0 Å². The number of allylic oxidation sites excluding steroid dienone is 1. The highest BCUT2D eigenvalue weighted by Crippen LogP contribution is 2.00. The minimum Gasteiger partial charge on any atom is -0.465 e. The molecule has 2 N–H and O–H groups in total. The van der Waals surface area contributed by atoms with Crippen LogP contribution < -0.4 is 15.2 Å². The Morgan fingerprint density at radius 2 is 2.50 bits per heavy atom. The van der Waals surface area contributed by atoms with Gasteiger partial charge < -0.3 is 5.11 Å². The predicted molar refractivity (Wildman–Crippen MR) is 54.2 cm³/mol. The summed E-state index contributed by atoms with van der Waals surface area (Å²) in [5.74, 6) is 0. The van der Waals surface area contributed by atoms with Gasteiger partial charge in [0.2, 0.25) is 0 Å². The van der Waals surface area contributed by atoms with E-state index >= 15 is 0 Å². The number of aromatic nitrogens is 1. The fourth-order valence-corrected chi connectivity index (χ4v) is 2.06. The molecule has 0 atom stereocenters. The fraction of sp³-hybridized carbons (Fsp3) is 0.111. The molecule has 4 nitrogen and oxygen atoms in total. The van der Waals surface area contributed by atoms with Crippen molar-refractivity contribution in [3.05, 3.63) is 27.5 Å². The monoisotopic (exact) mass is 208 g/mol. The summed E-state index contributed by atoms with van der Waals surface area (Å²) in [6.07, 6.45) is 5.23. The number of amides is 1. The number of carbonyl (C=O) groups is 1. The molecule has 0 spiro atoms. The molecule has 0 aromatic carbocycles. The standard InChI is InChI=1S/C9H8N2O2S/c12-9(13)11-7-4-2-1-3-6-8(7)14-5-10-6/h1-3,5,11H,4H2,(H,12,13). The van der Waals surface area contributed by atoms with E-state index in [-0.39, 0.29) is 0 Å². The van der Waals surface area contributed by atoms with Gasteiger partial charge in [-0.3, -0.25) is 5.32 Å². The van der Waals surface area contributed by atoms with Gasteiger partial charge in [0.1, 0.15) is 0 Å². The van der Waals surface area contributed by atoms with Gasteiger partial charge in [0.05, 0.1) is 15.4 Å². The molecule has 2 rings (SSSR count). The molecular weight excluding hydrogens is 200 g/mol. The van der Waals surface area contributed by atoms with E-state index in [4.69, 9.17) is 5.11 Å². The van der Waals surface area contributed by atoms with Gasteiger partial charge in [-0.1, -0.05) is 12.2 Å². The molecular formula is C9H8N2O2S. The number of thiazole rings is 1. The van der Waals surface area contributed by atoms with E-state index in [0.29, 0.717) is 12.1 Å². The first-order valence-electron chi connectivity index (χ1n) is 4.07. The van der Waals surface area contributed by atoms with Gasteiger partial charge in [-0.2, -0.15) is 0 Å². The van der Waals surface area contributed by atoms with Gasteiger partial charge >= 0.3 is 6.09 Å². The summed E-state index contributed by atoms with van der Waals surface area (Å²) in [5.41, 5.74) is 2.41. The molecule has 1 aliphatic carbocycles. The second-order valence-electron chi connectivity index (χ2n) is 2.77. The third kappa shape index (κ3) is 1.67. The molecule has 0 saturated heterocycles. The van der Waals surface area contributed by atoms with E-state index in [9.17, 15) is 4.79 Å². The van der Waals surface area contributed by atoms with Crippen LogP contribution in [0.15, 0.2) is 17.7 Å². The highest BCUT2D eigenvalue weighted by atomic mass is 32.1. The zero-order chi connectivity index (χ0) is 9.97. The smallest absolute Gasteiger partial charge is 0.408 e. The van der Waals surface area contributed by atoms with Gasteiger partial charge in [0, 0.05) is 12.1 Å². The van der Waals surface area contributed by atoms with Crippen molar-refractivity contribution in [2.45, 2.75) is 6.42 Å². The zero-order valence-electron chi connectivity index (χ0n) is 7.23. The molecule has 14 heavy (non-hydrogen) atoms. The van der Waals surface area contributed by atoms with Crippen molar-refractivity contribution in [2.75, 3.05) is 0 Å². The van der Waals surface area contributed by atoms with Crippen LogP contribution in [0.2, 0.25) is 0 Å². The molecule has 1 amide bonds. The van der Waals surface area contributed by atoms with Gasteiger partial charge in [0.25, 0.3) is 0 Å². The highest BCUT2D eigenvalue weighted by molar-refractivity contribution is 7.07. The van der Waals surface area contributed by atoms with Crippen molar-refractivity contribution >= 4 is 29.2 Å². The van der Waals surface area contributed by atoms with E-state index < -0.39 is 6.09 Å². The van der Waals surface area contributed by atoms with E-state index in [1.165, 1.54) is 11.3 Å². The average Bonchev–Trinajstić information content (AvgIpc) is 2.51. The number of hydrogen-bond acceptors (Lipinski definition) is 3. The second kappa shape index (κ2) is 3.63. The molecule has 0 radical (unpaired) electrons. The van der Waals surface area contributed by atoms with Crippen molar-refractivity contribution < 1.29 is 9.90 Å². The Morgan fingerprint density at radius 3 is 3.29 bits per heavy atom. The van der Waals surface area contributed by atoms with Crippen molar-refractivity contribution in [1.82, 2.24) is 10.3 Å². The Labute approximate surface area is 83.9 Å². The highest BCUT2D eigenvalue weighted by Gasteiger charge is 2.05. The summed E-state index contributed by atoms with van der Waals surface area (Å²) in [5, 5.41) is 11.9. The van der Waals surface area contributed by atoms with Crippen LogP contribution in [0.25, 0.3) is 11.8 Å². The molecule has 1 aliphatic rings. The first-order chi connectivity index (χ1) is 6.77. The number of nitrogens with one attached hydrogen (secondary N) is 1. The van der Waals surface area contributed by atoms with Crippen LogP contribution in [-0.2, 0) is 0 Å². The summed E-state index contributed by atoms with van der Waals surface area (Å²) < 4.78 is 0.900. The molecule has 0 unspecified atom stereocenters. The Hall–Kier alpha value is -1.62. The number of rotatable bonds is 1. The molecule has 5 heteroatoms. The first-order valence-corrected chi connectivity index (χ1v) is 4.95. The first kappa shape index (κ1) is 8.96. The Balaban J connectivity index is 2.59. The fourth-order valence-electron chi connectivity index (χ4n) is 1.27. The van der Waals surface area contributed by atoms with Crippen LogP contribution in [0.5, 0.6) is 0 Å². The van der Waals surface area contributed by atoms with Crippen LogP contribution in [-0.4, -0.2) is 16.2 Å². The zero-order valence-corrected chi connectivity index (χ0v) is 8.04. The maximum Gasteiger partial charge on any atom is 0.408 e. The van der Waals surface area contributed by atoms with Crippen LogP contribution in [0.1, 0.15) is 6.42 Å². The molecule has 0 fully saturated rings. The van der Waals surface area contributed by atoms with Crippen molar-refractivity contribution in [1.29, 1.82) is 0 Å². The van der Waals surface area contributed by atoms with Crippen LogP contribution >= 0.6 is 11.3 Å². The summed E-state index contributed by atoms with van der Waals surface area (Å²) in [6.45, 7) is 0. The third-order valence-electron chi connectivity index (χ3n) is 1.84. The Morgan fingerprint density at radius 1 is 1.64 bits per heavy atom. The SMILES string of the molecule is O=C(O)NC1=c2scnc2=CC=CC1. The lowest BCUT2D eigenvalue weighted by atomic mass is 10.3. The number of carboxylic acid groups (broad SMARTS) is 1. The molecule has 0 aliphatic heterocycles. The lowest BCUT2D eigenvalue weighted by molar-refractivity contribution is 0.199. The van der Waals surface area contributed by atoms with Crippen LogP contribution in [0, 0.1) is 0 Å². The molecule has 0 bridgehead atoms.